The minimum atomic E-state index is -0.929. The standard InChI is InChI=1S/C23H26N2O3S/c1-15-10-16(2)20-13-22(25-21(20)11-15)23(26)24-18-5-3-4-17(12-18)14-29(27)19-6-8-28-9-7-19/h3-5,10-13,19,25H,6-9,14H2,1-2H3,(H,24,26). The van der Waals surface area contributed by atoms with E-state index in [1.54, 1.807) is 0 Å². The second-order valence-corrected chi connectivity index (χ2v) is 9.43. The molecule has 1 amide bonds. The highest BCUT2D eigenvalue weighted by molar-refractivity contribution is 7.84. The van der Waals surface area contributed by atoms with E-state index in [0.717, 1.165) is 40.4 Å². The summed E-state index contributed by atoms with van der Waals surface area (Å²) in [5, 5.41) is 4.21. The van der Waals surface area contributed by atoms with E-state index in [9.17, 15) is 9.00 Å². The van der Waals surface area contributed by atoms with Crippen LogP contribution in [0, 0.1) is 13.8 Å². The van der Waals surface area contributed by atoms with Gasteiger partial charge in [-0.3, -0.25) is 9.00 Å². The Bertz CT molecular complexity index is 1070. The van der Waals surface area contributed by atoms with Crippen molar-refractivity contribution in [3.05, 3.63) is 64.8 Å². The third kappa shape index (κ3) is 4.60. The van der Waals surface area contributed by atoms with E-state index < -0.39 is 10.8 Å². The molecular weight excluding hydrogens is 384 g/mol. The Hall–Kier alpha value is -2.44. The fraction of sp³-hybridized carbons (Fsp3) is 0.348. The number of ether oxygens (including phenoxy) is 1. The number of H-pyrrole nitrogens is 1. The van der Waals surface area contributed by atoms with Crippen molar-refractivity contribution >= 4 is 33.3 Å². The van der Waals surface area contributed by atoms with E-state index in [0.29, 0.717) is 30.3 Å². The highest BCUT2D eigenvalue weighted by atomic mass is 32.2. The number of anilines is 1. The molecule has 0 saturated carbocycles. The summed E-state index contributed by atoms with van der Waals surface area (Å²) in [5.41, 5.74) is 5.49. The molecule has 2 heterocycles. The maximum absolute atomic E-state index is 12.7. The Morgan fingerprint density at radius 3 is 2.76 bits per heavy atom. The molecule has 1 aliphatic rings. The summed E-state index contributed by atoms with van der Waals surface area (Å²) in [4.78, 5) is 16.0. The number of carbonyl (C=O) groups excluding carboxylic acids is 1. The van der Waals surface area contributed by atoms with Gasteiger partial charge in [0.15, 0.2) is 0 Å². The molecule has 152 valence electrons. The number of hydrogen-bond donors (Lipinski definition) is 2. The average molecular weight is 411 g/mol. The molecule has 1 aromatic heterocycles. The predicted octanol–water partition coefficient (Wildman–Crippen LogP) is 4.46. The first-order valence-electron chi connectivity index (χ1n) is 9.95. The fourth-order valence-electron chi connectivity index (χ4n) is 3.88. The van der Waals surface area contributed by atoms with Crippen LogP contribution in [0.15, 0.2) is 42.5 Å². The largest absolute Gasteiger partial charge is 0.381 e. The van der Waals surface area contributed by atoms with Crippen LogP contribution < -0.4 is 5.32 Å². The van der Waals surface area contributed by atoms with Crippen molar-refractivity contribution in [1.82, 2.24) is 4.98 Å². The third-order valence-corrected chi connectivity index (χ3v) is 7.20. The van der Waals surface area contributed by atoms with Crippen LogP contribution in [0.4, 0.5) is 5.69 Å². The maximum atomic E-state index is 12.7. The van der Waals surface area contributed by atoms with Crippen molar-refractivity contribution in [1.29, 1.82) is 0 Å². The van der Waals surface area contributed by atoms with Gasteiger partial charge in [0, 0.05) is 51.6 Å². The number of hydrogen-bond acceptors (Lipinski definition) is 3. The van der Waals surface area contributed by atoms with Crippen LogP contribution in [0.3, 0.4) is 0 Å². The normalized spacial score (nSPS) is 16.1. The molecule has 4 rings (SSSR count). The van der Waals surface area contributed by atoms with E-state index in [1.807, 2.05) is 50.2 Å². The summed E-state index contributed by atoms with van der Waals surface area (Å²) in [7, 11) is -0.929. The SMILES string of the molecule is Cc1cc(C)c2cc(C(=O)Nc3cccc(CS(=O)C4CCOCC4)c3)[nH]c2c1. The number of rotatable bonds is 5. The topological polar surface area (TPSA) is 71.2 Å². The Labute approximate surface area is 173 Å². The molecule has 0 bridgehead atoms. The lowest BCUT2D eigenvalue weighted by Crippen LogP contribution is -2.25. The van der Waals surface area contributed by atoms with Gasteiger partial charge in [-0.05, 0) is 67.6 Å². The van der Waals surface area contributed by atoms with Gasteiger partial charge in [-0.15, -0.1) is 0 Å². The van der Waals surface area contributed by atoms with E-state index in [1.165, 1.54) is 0 Å². The summed E-state index contributed by atoms with van der Waals surface area (Å²) in [6, 6.07) is 13.7. The molecule has 1 saturated heterocycles. The van der Waals surface area contributed by atoms with Crippen molar-refractivity contribution < 1.29 is 13.7 Å². The molecule has 5 nitrogen and oxygen atoms in total. The molecule has 0 spiro atoms. The minimum absolute atomic E-state index is 0.180. The molecule has 2 N–H and O–H groups in total. The lowest BCUT2D eigenvalue weighted by Gasteiger charge is -2.21. The first kappa shape index (κ1) is 19.9. The van der Waals surface area contributed by atoms with Gasteiger partial charge in [0.1, 0.15) is 5.69 Å². The number of aryl methyl sites for hydroxylation is 2. The van der Waals surface area contributed by atoms with Crippen LogP contribution in [0.5, 0.6) is 0 Å². The smallest absolute Gasteiger partial charge is 0.272 e. The van der Waals surface area contributed by atoms with Crippen molar-refractivity contribution in [3.8, 4) is 0 Å². The summed E-state index contributed by atoms with van der Waals surface area (Å²) in [6.07, 6.45) is 1.70. The first-order valence-corrected chi connectivity index (χ1v) is 11.3. The highest BCUT2D eigenvalue weighted by Crippen LogP contribution is 2.23. The van der Waals surface area contributed by atoms with Crippen LogP contribution in [0.1, 0.15) is 40.0 Å². The van der Waals surface area contributed by atoms with Crippen LogP contribution in [0.25, 0.3) is 10.9 Å². The Morgan fingerprint density at radius 1 is 1.17 bits per heavy atom. The average Bonchev–Trinajstić information content (AvgIpc) is 3.13. The number of fused-ring (bicyclic) bond motifs is 1. The molecule has 1 fully saturated rings. The number of aromatic amines is 1. The van der Waals surface area contributed by atoms with Crippen LogP contribution >= 0.6 is 0 Å². The lowest BCUT2D eigenvalue weighted by atomic mass is 10.1. The fourth-order valence-corrected chi connectivity index (χ4v) is 5.34. The van der Waals surface area contributed by atoms with Crippen LogP contribution in [0.2, 0.25) is 0 Å². The molecule has 2 aromatic carbocycles. The zero-order valence-corrected chi connectivity index (χ0v) is 17.6. The maximum Gasteiger partial charge on any atom is 0.272 e. The first-order chi connectivity index (χ1) is 14.0. The molecule has 1 unspecified atom stereocenters. The van der Waals surface area contributed by atoms with Gasteiger partial charge in [-0.2, -0.15) is 0 Å². The Morgan fingerprint density at radius 2 is 1.97 bits per heavy atom. The zero-order valence-electron chi connectivity index (χ0n) is 16.8. The van der Waals surface area contributed by atoms with E-state index in [2.05, 4.69) is 16.4 Å². The molecule has 3 aromatic rings. The number of amides is 1. The third-order valence-electron chi connectivity index (χ3n) is 5.37. The lowest BCUT2D eigenvalue weighted by molar-refractivity contribution is 0.0991. The van der Waals surface area contributed by atoms with Gasteiger partial charge >= 0.3 is 0 Å². The van der Waals surface area contributed by atoms with Gasteiger partial charge in [0.05, 0.1) is 0 Å². The van der Waals surface area contributed by atoms with Crippen molar-refractivity contribution in [2.24, 2.45) is 0 Å². The monoisotopic (exact) mass is 410 g/mol. The molecular formula is C23H26N2O3S. The van der Waals surface area contributed by atoms with Gasteiger partial charge in [0.25, 0.3) is 5.91 Å². The summed E-state index contributed by atoms with van der Waals surface area (Å²) < 4.78 is 18.0. The molecule has 0 radical (unpaired) electrons. The number of benzene rings is 2. The van der Waals surface area contributed by atoms with Gasteiger partial charge in [-0.1, -0.05) is 18.2 Å². The van der Waals surface area contributed by atoms with Crippen molar-refractivity contribution in [2.75, 3.05) is 18.5 Å². The second kappa shape index (κ2) is 8.51. The molecule has 29 heavy (non-hydrogen) atoms. The van der Waals surface area contributed by atoms with E-state index in [-0.39, 0.29) is 11.2 Å². The van der Waals surface area contributed by atoms with Crippen LogP contribution in [-0.2, 0) is 21.3 Å². The quantitative estimate of drug-likeness (QED) is 0.652. The number of nitrogens with one attached hydrogen (secondary N) is 2. The molecule has 1 aliphatic heterocycles. The predicted molar refractivity (Wildman–Crippen MR) is 118 cm³/mol. The second-order valence-electron chi connectivity index (χ2n) is 7.72. The molecule has 1 atom stereocenters. The zero-order chi connectivity index (χ0) is 20.4. The highest BCUT2D eigenvalue weighted by Gasteiger charge is 2.20. The van der Waals surface area contributed by atoms with Gasteiger partial charge in [-0.25, -0.2) is 0 Å². The van der Waals surface area contributed by atoms with E-state index >= 15 is 0 Å². The summed E-state index contributed by atoms with van der Waals surface area (Å²) in [6.45, 7) is 5.47. The van der Waals surface area contributed by atoms with Crippen molar-refractivity contribution in [3.63, 3.8) is 0 Å². The Balaban J connectivity index is 1.46. The van der Waals surface area contributed by atoms with Crippen LogP contribution in [-0.4, -0.2) is 33.6 Å². The van der Waals surface area contributed by atoms with Gasteiger partial charge in [0.2, 0.25) is 0 Å². The minimum Gasteiger partial charge on any atom is -0.381 e. The molecule has 6 heteroatoms. The van der Waals surface area contributed by atoms with Crippen molar-refractivity contribution in [2.45, 2.75) is 37.7 Å². The number of aromatic nitrogens is 1. The van der Waals surface area contributed by atoms with Gasteiger partial charge < -0.3 is 15.0 Å². The summed E-state index contributed by atoms with van der Waals surface area (Å²) >= 11 is 0. The Kier molecular flexibility index (Phi) is 5.83. The summed E-state index contributed by atoms with van der Waals surface area (Å²) in [5.74, 6) is 0.320. The number of carbonyl (C=O) groups is 1. The van der Waals surface area contributed by atoms with E-state index in [4.69, 9.17) is 4.74 Å². The molecule has 0 aliphatic carbocycles.